The van der Waals surface area contributed by atoms with Crippen LogP contribution >= 0.6 is 0 Å². The molecule has 25 heavy (non-hydrogen) atoms. The van der Waals surface area contributed by atoms with E-state index in [-0.39, 0.29) is 24.2 Å². The molecule has 0 aliphatic carbocycles. The summed E-state index contributed by atoms with van der Waals surface area (Å²) in [7, 11) is 0. The lowest BCUT2D eigenvalue weighted by Gasteiger charge is -2.17. The fraction of sp³-hybridized carbons (Fsp3) is 0.300. The predicted molar refractivity (Wildman–Crippen MR) is 97.3 cm³/mol. The van der Waals surface area contributed by atoms with E-state index in [2.05, 4.69) is 5.32 Å². The quantitative estimate of drug-likeness (QED) is 0.479. The number of hydrogen-bond donors (Lipinski definition) is 3. The number of benzene rings is 2. The van der Waals surface area contributed by atoms with Gasteiger partial charge < -0.3 is 5.32 Å². The number of hydroxylamine groups is 1. The van der Waals surface area contributed by atoms with E-state index in [1.54, 1.807) is 5.48 Å². The highest BCUT2D eigenvalue weighted by molar-refractivity contribution is 5.90. The average Bonchev–Trinajstić information content (AvgIpc) is 2.65. The molecule has 0 aliphatic heterocycles. The second kappa shape index (κ2) is 10.3. The summed E-state index contributed by atoms with van der Waals surface area (Å²) in [6.07, 6.45) is 2.85. The van der Waals surface area contributed by atoms with Crippen LogP contribution in [0.2, 0.25) is 0 Å². The number of carbonyl (C=O) groups excluding carboxylic acids is 2. The lowest BCUT2D eigenvalue weighted by atomic mass is 9.89. The average molecular weight is 340 g/mol. The first-order valence-electron chi connectivity index (χ1n) is 8.52. The molecule has 2 rings (SSSR count). The van der Waals surface area contributed by atoms with Crippen molar-refractivity contribution in [3.8, 4) is 0 Å². The third-order valence-electron chi connectivity index (χ3n) is 4.13. The molecule has 5 nitrogen and oxygen atoms in total. The summed E-state index contributed by atoms with van der Waals surface area (Å²) in [6, 6.07) is 19.4. The summed E-state index contributed by atoms with van der Waals surface area (Å²) in [5.74, 6) is -0.192. The van der Waals surface area contributed by atoms with Crippen LogP contribution in [-0.4, -0.2) is 17.0 Å². The molecule has 0 heterocycles. The van der Waals surface area contributed by atoms with Crippen molar-refractivity contribution in [2.24, 2.45) is 0 Å². The third kappa shape index (κ3) is 6.77. The number of nitrogens with one attached hydrogen (secondary N) is 2. The number of carbonyl (C=O) groups is 2. The van der Waals surface area contributed by atoms with E-state index in [4.69, 9.17) is 5.21 Å². The van der Waals surface area contributed by atoms with E-state index in [1.807, 2.05) is 60.7 Å². The molecule has 1 atom stereocenters. The maximum atomic E-state index is 12.2. The molecule has 0 saturated carbocycles. The fourth-order valence-corrected chi connectivity index (χ4v) is 2.82. The molecule has 132 valence electrons. The second-order valence-electron chi connectivity index (χ2n) is 5.99. The molecule has 0 saturated heterocycles. The topological polar surface area (TPSA) is 78.4 Å². The van der Waals surface area contributed by atoms with Gasteiger partial charge in [-0.25, -0.2) is 5.48 Å². The summed E-state index contributed by atoms with van der Waals surface area (Å²) in [5.41, 5.74) is 3.61. The van der Waals surface area contributed by atoms with Gasteiger partial charge >= 0.3 is 0 Å². The Hall–Kier alpha value is -2.66. The Morgan fingerprint density at radius 3 is 2.12 bits per heavy atom. The van der Waals surface area contributed by atoms with Crippen molar-refractivity contribution in [2.75, 3.05) is 5.32 Å². The van der Waals surface area contributed by atoms with Crippen molar-refractivity contribution in [1.82, 2.24) is 5.48 Å². The monoisotopic (exact) mass is 340 g/mol. The van der Waals surface area contributed by atoms with Crippen molar-refractivity contribution in [3.05, 3.63) is 66.2 Å². The minimum Gasteiger partial charge on any atom is -0.326 e. The molecular formula is C20H24N2O3. The van der Waals surface area contributed by atoms with Crippen molar-refractivity contribution < 1.29 is 14.8 Å². The van der Waals surface area contributed by atoms with Gasteiger partial charge in [0.05, 0.1) is 0 Å². The SMILES string of the molecule is O=C(CCCC(CCC(=O)Nc1ccccc1)c1ccccc1)NO. The Kier molecular flexibility index (Phi) is 7.66. The van der Waals surface area contributed by atoms with Gasteiger partial charge in [-0.1, -0.05) is 48.5 Å². The molecule has 2 amide bonds. The number of amides is 2. The minimum atomic E-state index is -0.381. The number of para-hydroxylation sites is 1. The molecule has 0 aliphatic rings. The Labute approximate surface area is 148 Å². The number of hydrogen-bond acceptors (Lipinski definition) is 3. The summed E-state index contributed by atoms with van der Waals surface area (Å²) >= 11 is 0. The van der Waals surface area contributed by atoms with Gasteiger partial charge in [0.15, 0.2) is 0 Å². The first kappa shape index (κ1) is 18.7. The van der Waals surface area contributed by atoms with Gasteiger partial charge in [-0.05, 0) is 42.9 Å². The highest BCUT2D eigenvalue weighted by Gasteiger charge is 2.14. The van der Waals surface area contributed by atoms with Crippen LogP contribution in [0.3, 0.4) is 0 Å². The molecule has 1 unspecified atom stereocenters. The van der Waals surface area contributed by atoms with E-state index in [0.717, 1.165) is 12.1 Å². The first-order valence-corrected chi connectivity index (χ1v) is 8.52. The Bertz CT molecular complexity index is 659. The minimum absolute atomic E-state index is 0.0137. The van der Waals surface area contributed by atoms with Crippen LogP contribution in [0.15, 0.2) is 60.7 Å². The van der Waals surface area contributed by atoms with Gasteiger partial charge in [-0.3, -0.25) is 14.8 Å². The lowest BCUT2D eigenvalue weighted by molar-refractivity contribution is -0.129. The smallest absolute Gasteiger partial charge is 0.243 e. The molecule has 0 fully saturated rings. The molecular weight excluding hydrogens is 316 g/mol. The van der Waals surface area contributed by atoms with E-state index < -0.39 is 0 Å². The summed E-state index contributed by atoms with van der Waals surface area (Å²) < 4.78 is 0. The Balaban J connectivity index is 1.89. The standard InChI is InChI=1S/C20H24N2O3/c23-19(21-18-11-5-2-6-12-18)15-14-17(10-7-13-20(24)22-25)16-8-3-1-4-9-16/h1-6,8-9,11-12,17,25H,7,10,13-15H2,(H,21,23)(H,22,24). The third-order valence-corrected chi connectivity index (χ3v) is 4.13. The van der Waals surface area contributed by atoms with Crippen LogP contribution in [-0.2, 0) is 9.59 Å². The zero-order chi connectivity index (χ0) is 17.9. The maximum Gasteiger partial charge on any atom is 0.243 e. The molecule has 0 bridgehead atoms. The van der Waals surface area contributed by atoms with Gasteiger partial charge in [0, 0.05) is 18.5 Å². The van der Waals surface area contributed by atoms with Gasteiger partial charge in [0.2, 0.25) is 11.8 Å². The second-order valence-corrected chi connectivity index (χ2v) is 5.99. The van der Waals surface area contributed by atoms with Crippen LogP contribution in [0.1, 0.15) is 43.6 Å². The molecule has 0 radical (unpaired) electrons. The molecule has 0 aromatic heterocycles. The van der Waals surface area contributed by atoms with Gasteiger partial charge in [-0.2, -0.15) is 0 Å². The predicted octanol–water partition coefficient (Wildman–Crippen LogP) is 3.86. The van der Waals surface area contributed by atoms with Crippen molar-refractivity contribution in [2.45, 2.75) is 38.0 Å². The summed E-state index contributed by atoms with van der Waals surface area (Å²) in [6.45, 7) is 0. The molecule has 3 N–H and O–H groups in total. The van der Waals surface area contributed by atoms with Crippen LogP contribution in [0, 0.1) is 0 Å². The van der Waals surface area contributed by atoms with Crippen molar-refractivity contribution in [3.63, 3.8) is 0 Å². The largest absolute Gasteiger partial charge is 0.326 e. The number of anilines is 1. The zero-order valence-corrected chi connectivity index (χ0v) is 14.2. The van der Waals surface area contributed by atoms with Crippen LogP contribution < -0.4 is 10.8 Å². The highest BCUT2D eigenvalue weighted by atomic mass is 16.5. The van der Waals surface area contributed by atoms with E-state index in [1.165, 1.54) is 5.56 Å². The number of rotatable bonds is 9. The van der Waals surface area contributed by atoms with Gasteiger partial charge in [0.25, 0.3) is 0 Å². The van der Waals surface area contributed by atoms with Gasteiger partial charge in [-0.15, -0.1) is 0 Å². The molecule has 5 heteroatoms. The van der Waals surface area contributed by atoms with Crippen LogP contribution in [0.4, 0.5) is 5.69 Å². The highest BCUT2D eigenvalue weighted by Crippen LogP contribution is 2.27. The molecule has 2 aromatic rings. The van der Waals surface area contributed by atoms with E-state index in [0.29, 0.717) is 19.3 Å². The maximum absolute atomic E-state index is 12.2. The Morgan fingerprint density at radius 2 is 1.48 bits per heavy atom. The Morgan fingerprint density at radius 1 is 0.840 bits per heavy atom. The van der Waals surface area contributed by atoms with E-state index in [9.17, 15) is 9.59 Å². The molecule has 2 aromatic carbocycles. The summed E-state index contributed by atoms with van der Waals surface area (Å²) in [5, 5.41) is 11.5. The van der Waals surface area contributed by atoms with E-state index >= 15 is 0 Å². The zero-order valence-electron chi connectivity index (χ0n) is 14.2. The summed E-state index contributed by atoms with van der Waals surface area (Å²) in [4.78, 5) is 23.3. The fourth-order valence-electron chi connectivity index (χ4n) is 2.82. The first-order chi connectivity index (χ1) is 12.2. The normalized spacial score (nSPS) is 11.6. The molecule has 0 spiro atoms. The van der Waals surface area contributed by atoms with Crippen LogP contribution in [0.5, 0.6) is 0 Å². The van der Waals surface area contributed by atoms with Crippen LogP contribution in [0.25, 0.3) is 0 Å². The van der Waals surface area contributed by atoms with Gasteiger partial charge in [0.1, 0.15) is 0 Å². The van der Waals surface area contributed by atoms with Crippen molar-refractivity contribution >= 4 is 17.5 Å². The lowest BCUT2D eigenvalue weighted by Crippen LogP contribution is -2.18. The van der Waals surface area contributed by atoms with Crippen molar-refractivity contribution in [1.29, 1.82) is 0 Å².